The van der Waals surface area contributed by atoms with Crippen LogP contribution in [0.3, 0.4) is 0 Å². The first kappa shape index (κ1) is 15.6. The highest BCUT2D eigenvalue weighted by atomic mass is 19.1. The molecule has 0 fully saturated rings. The van der Waals surface area contributed by atoms with Crippen molar-refractivity contribution >= 4 is 0 Å². The van der Waals surface area contributed by atoms with E-state index in [0.717, 1.165) is 24.1 Å². The van der Waals surface area contributed by atoms with E-state index in [2.05, 4.69) is 42.3 Å². The lowest BCUT2D eigenvalue weighted by Crippen LogP contribution is -2.36. The quantitative estimate of drug-likeness (QED) is 0.899. The van der Waals surface area contributed by atoms with E-state index >= 15 is 0 Å². The van der Waals surface area contributed by atoms with Gasteiger partial charge < -0.3 is 10.0 Å². The van der Waals surface area contributed by atoms with Crippen molar-refractivity contribution in [3.05, 3.63) is 77.8 Å². The summed E-state index contributed by atoms with van der Waals surface area (Å²) in [5.41, 5.74) is 1.44. The molecule has 1 aliphatic heterocycles. The molecule has 1 aliphatic carbocycles. The lowest BCUT2D eigenvalue weighted by atomic mass is 9.62. The van der Waals surface area contributed by atoms with Crippen LogP contribution in [-0.2, 0) is 5.41 Å². The first-order valence-corrected chi connectivity index (χ1v) is 8.02. The zero-order valence-electron chi connectivity index (χ0n) is 13.5. The van der Waals surface area contributed by atoms with E-state index in [4.69, 9.17) is 0 Å². The maximum Gasteiger partial charge on any atom is 0.126 e. The number of phenolic OH excluding ortho intramolecular Hbond substituents is 1. The number of benzene rings is 1. The molecule has 1 heterocycles. The van der Waals surface area contributed by atoms with Gasteiger partial charge in [0, 0.05) is 30.6 Å². The Labute approximate surface area is 136 Å². The fourth-order valence-corrected chi connectivity index (χ4v) is 3.63. The van der Waals surface area contributed by atoms with Gasteiger partial charge in [0.15, 0.2) is 0 Å². The molecule has 0 aromatic heterocycles. The third kappa shape index (κ3) is 2.61. The molecular weight excluding hydrogens is 289 g/mol. The Morgan fingerprint density at radius 2 is 2.17 bits per heavy atom. The molecule has 0 spiro atoms. The average Bonchev–Trinajstić information content (AvgIpc) is 2.55. The lowest BCUT2D eigenvalue weighted by Gasteiger charge is -2.41. The SMILES string of the molecule is CCC1C=CC=CC1(C1=CCN(C)C=C1)c1ccc(F)cc1O. The minimum Gasteiger partial charge on any atom is -0.508 e. The van der Waals surface area contributed by atoms with Crippen molar-refractivity contribution in [2.24, 2.45) is 5.92 Å². The Kier molecular flexibility index (Phi) is 4.12. The van der Waals surface area contributed by atoms with Crippen LogP contribution in [0.4, 0.5) is 4.39 Å². The fourth-order valence-electron chi connectivity index (χ4n) is 3.63. The van der Waals surface area contributed by atoms with Gasteiger partial charge in [-0.2, -0.15) is 0 Å². The van der Waals surface area contributed by atoms with Crippen LogP contribution >= 0.6 is 0 Å². The summed E-state index contributed by atoms with van der Waals surface area (Å²) >= 11 is 0. The molecule has 0 radical (unpaired) electrons. The topological polar surface area (TPSA) is 23.5 Å². The highest BCUT2D eigenvalue weighted by Gasteiger charge is 2.41. The van der Waals surface area contributed by atoms with Crippen LogP contribution in [0, 0.1) is 11.7 Å². The Balaban J connectivity index is 2.20. The number of phenols is 1. The summed E-state index contributed by atoms with van der Waals surface area (Å²) < 4.78 is 13.5. The zero-order chi connectivity index (χ0) is 16.4. The molecule has 2 aliphatic rings. The second-order valence-corrected chi connectivity index (χ2v) is 6.20. The van der Waals surface area contributed by atoms with Crippen molar-refractivity contribution in [2.75, 3.05) is 13.6 Å². The minimum atomic E-state index is -0.459. The van der Waals surface area contributed by atoms with Crippen LogP contribution in [0.15, 0.2) is 66.4 Å². The van der Waals surface area contributed by atoms with Crippen LogP contribution in [0.5, 0.6) is 5.75 Å². The third-order valence-corrected chi connectivity index (χ3v) is 4.83. The number of allylic oxidation sites excluding steroid dienone is 6. The Morgan fingerprint density at radius 1 is 1.35 bits per heavy atom. The smallest absolute Gasteiger partial charge is 0.126 e. The van der Waals surface area contributed by atoms with Crippen LogP contribution in [0.1, 0.15) is 18.9 Å². The van der Waals surface area contributed by atoms with Gasteiger partial charge in [0.1, 0.15) is 11.6 Å². The summed E-state index contributed by atoms with van der Waals surface area (Å²) in [7, 11) is 2.03. The Bertz CT molecular complexity index is 716. The lowest BCUT2D eigenvalue weighted by molar-refractivity contribution is 0.397. The van der Waals surface area contributed by atoms with Gasteiger partial charge in [-0.05, 0) is 36.3 Å². The van der Waals surface area contributed by atoms with Gasteiger partial charge in [-0.25, -0.2) is 4.39 Å². The fraction of sp³-hybridized carbons (Fsp3) is 0.300. The first-order valence-electron chi connectivity index (χ1n) is 8.02. The molecule has 3 heteroatoms. The molecule has 0 saturated heterocycles. The van der Waals surface area contributed by atoms with Gasteiger partial charge in [-0.3, -0.25) is 0 Å². The van der Waals surface area contributed by atoms with E-state index in [0.29, 0.717) is 0 Å². The molecule has 2 atom stereocenters. The molecule has 0 amide bonds. The predicted molar refractivity (Wildman–Crippen MR) is 91.7 cm³/mol. The van der Waals surface area contributed by atoms with Gasteiger partial charge >= 0.3 is 0 Å². The highest BCUT2D eigenvalue weighted by molar-refractivity contribution is 5.56. The average molecular weight is 311 g/mol. The highest BCUT2D eigenvalue weighted by Crippen LogP contribution is 2.48. The number of aromatic hydroxyl groups is 1. The van der Waals surface area contributed by atoms with Crippen LogP contribution < -0.4 is 0 Å². The summed E-state index contributed by atoms with van der Waals surface area (Å²) in [4.78, 5) is 2.10. The van der Waals surface area contributed by atoms with E-state index in [1.807, 2.05) is 19.2 Å². The number of hydrogen-bond donors (Lipinski definition) is 1. The predicted octanol–water partition coefficient (Wildman–Crippen LogP) is 4.31. The third-order valence-electron chi connectivity index (χ3n) is 4.83. The minimum absolute atomic E-state index is 0.0108. The number of hydrogen-bond acceptors (Lipinski definition) is 2. The summed E-state index contributed by atoms with van der Waals surface area (Å²) in [6, 6.07) is 4.34. The number of halogens is 1. The molecule has 0 saturated carbocycles. The van der Waals surface area contributed by atoms with Gasteiger partial charge in [-0.15, -0.1) is 0 Å². The largest absolute Gasteiger partial charge is 0.508 e. The van der Waals surface area contributed by atoms with Crippen molar-refractivity contribution in [3.63, 3.8) is 0 Å². The Morgan fingerprint density at radius 3 is 2.83 bits per heavy atom. The van der Waals surface area contributed by atoms with Crippen molar-refractivity contribution in [2.45, 2.75) is 18.8 Å². The molecule has 1 N–H and O–H groups in total. The van der Waals surface area contributed by atoms with Gasteiger partial charge in [-0.1, -0.05) is 43.4 Å². The standard InChI is InChI=1S/C20H22FNO/c1-3-15-6-4-5-11-20(15,16-9-12-22(2)13-10-16)18-8-7-17(21)14-19(18)23/h4-12,14-15,23H,3,13H2,1-2H3. The van der Waals surface area contributed by atoms with E-state index in [1.165, 1.54) is 12.1 Å². The van der Waals surface area contributed by atoms with E-state index < -0.39 is 11.2 Å². The molecule has 23 heavy (non-hydrogen) atoms. The Hall–Kier alpha value is -2.29. The van der Waals surface area contributed by atoms with Gasteiger partial charge in [0.2, 0.25) is 0 Å². The maximum atomic E-state index is 13.5. The maximum absolute atomic E-state index is 13.5. The summed E-state index contributed by atoms with van der Waals surface area (Å²) in [5.74, 6) is -0.197. The van der Waals surface area contributed by atoms with Crippen LogP contribution in [0.2, 0.25) is 0 Å². The van der Waals surface area contributed by atoms with Crippen molar-refractivity contribution in [1.82, 2.24) is 4.90 Å². The van der Waals surface area contributed by atoms with Crippen molar-refractivity contribution in [1.29, 1.82) is 0 Å². The summed E-state index contributed by atoms with van der Waals surface area (Å²) in [6.07, 6.45) is 15.6. The van der Waals surface area contributed by atoms with Crippen molar-refractivity contribution < 1.29 is 9.50 Å². The molecule has 1 aromatic carbocycles. The van der Waals surface area contributed by atoms with Crippen LogP contribution in [-0.4, -0.2) is 23.6 Å². The molecule has 1 aromatic rings. The van der Waals surface area contributed by atoms with E-state index in [-0.39, 0.29) is 11.7 Å². The van der Waals surface area contributed by atoms with E-state index in [9.17, 15) is 9.50 Å². The second kappa shape index (κ2) is 6.07. The second-order valence-electron chi connectivity index (χ2n) is 6.20. The number of likely N-dealkylation sites (N-methyl/N-ethyl adjacent to an activating group) is 1. The molecule has 2 nitrogen and oxygen atoms in total. The van der Waals surface area contributed by atoms with E-state index in [1.54, 1.807) is 6.07 Å². The molecule has 0 bridgehead atoms. The molecule has 3 rings (SSSR count). The number of rotatable bonds is 3. The zero-order valence-corrected chi connectivity index (χ0v) is 13.5. The monoisotopic (exact) mass is 311 g/mol. The summed E-state index contributed by atoms with van der Waals surface area (Å²) in [6.45, 7) is 2.96. The normalized spacial score (nSPS) is 26.5. The van der Waals surface area contributed by atoms with Gasteiger partial charge in [0.05, 0.1) is 0 Å². The molecule has 2 unspecified atom stereocenters. The molecular formula is C20H22FNO. The number of nitrogens with zero attached hydrogens (tertiary/aromatic N) is 1. The van der Waals surface area contributed by atoms with Gasteiger partial charge in [0.25, 0.3) is 0 Å². The first-order chi connectivity index (χ1) is 11.1. The molecule has 120 valence electrons. The summed E-state index contributed by atoms with van der Waals surface area (Å²) in [5, 5.41) is 10.4. The van der Waals surface area contributed by atoms with Crippen LogP contribution in [0.25, 0.3) is 0 Å². The van der Waals surface area contributed by atoms with Crippen molar-refractivity contribution in [3.8, 4) is 5.75 Å².